The minimum absolute atomic E-state index is 0.137. The Labute approximate surface area is 78.1 Å². The fourth-order valence-electron chi connectivity index (χ4n) is 0.990. The first-order chi connectivity index (χ1) is 6.00. The number of rotatable bonds is 5. The summed E-state index contributed by atoms with van der Waals surface area (Å²) in [5, 5.41) is 18.0. The predicted octanol–water partition coefficient (Wildman–Crippen LogP) is 0.362. The van der Waals surface area contributed by atoms with Crippen molar-refractivity contribution >= 4 is 5.97 Å². The normalized spacial score (nSPS) is 18.5. The number of hydrogen-bond donors (Lipinski definition) is 3. The Morgan fingerprint density at radius 2 is 2.15 bits per heavy atom. The molecule has 0 aromatic heterocycles. The van der Waals surface area contributed by atoms with Gasteiger partial charge < -0.3 is 15.9 Å². The van der Waals surface area contributed by atoms with E-state index in [9.17, 15) is 9.90 Å². The van der Waals surface area contributed by atoms with Gasteiger partial charge in [0.15, 0.2) is 0 Å². The summed E-state index contributed by atoms with van der Waals surface area (Å²) >= 11 is 0. The molecular weight excluding hydrogens is 170 g/mol. The van der Waals surface area contributed by atoms with Gasteiger partial charge in [-0.25, -0.2) is 0 Å². The molecule has 0 aromatic rings. The van der Waals surface area contributed by atoms with Crippen LogP contribution in [-0.2, 0) is 4.79 Å². The third-order valence-corrected chi connectivity index (χ3v) is 1.98. The Morgan fingerprint density at radius 1 is 1.62 bits per heavy atom. The Bertz CT molecular complexity index is 191. The molecule has 0 fully saturated rings. The molecule has 0 spiro atoms. The maximum atomic E-state index is 10.4. The lowest BCUT2D eigenvalue weighted by Gasteiger charge is -2.20. The highest BCUT2D eigenvalue weighted by atomic mass is 16.4. The molecule has 3 atom stereocenters. The van der Waals surface area contributed by atoms with E-state index in [0.717, 1.165) is 0 Å². The molecule has 0 aliphatic heterocycles. The third kappa shape index (κ3) is 4.05. The maximum absolute atomic E-state index is 10.4. The Balaban J connectivity index is 4.08. The molecule has 0 bridgehead atoms. The number of aliphatic hydroxyl groups excluding tert-OH is 1. The highest BCUT2D eigenvalue weighted by Gasteiger charge is 2.26. The first-order valence-corrected chi connectivity index (χ1v) is 4.28. The SMILES string of the molecule is CC=CC[C@@H](C)[C@@H](O)[C@H](N)C(=O)O. The first kappa shape index (κ1) is 12.1. The van der Waals surface area contributed by atoms with Gasteiger partial charge in [-0.3, -0.25) is 4.79 Å². The molecule has 0 radical (unpaired) electrons. The molecule has 4 nitrogen and oxygen atoms in total. The summed E-state index contributed by atoms with van der Waals surface area (Å²) in [4.78, 5) is 10.4. The highest BCUT2D eigenvalue weighted by molar-refractivity contribution is 5.73. The number of aliphatic hydroxyl groups is 1. The second kappa shape index (κ2) is 5.72. The van der Waals surface area contributed by atoms with Crippen molar-refractivity contribution in [2.75, 3.05) is 0 Å². The van der Waals surface area contributed by atoms with E-state index in [0.29, 0.717) is 6.42 Å². The van der Waals surface area contributed by atoms with Gasteiger partial charge in [-0.1, -0.05) is 19.1 Å². The minimum Gasteiger partial charge on any atom is -0.480 e. The monoisotopic (exact) mass is 187 g/mol. The molecule has 0 aliphatic rings. The van der Waals surface area contributed by atoms with Gasteiger partial charge in [0.05, 0.1) is 6.10 Å². The van der Waals surface area contributed by atoms with E-state index in [4.69, 9.17) is 10.8 Å². The van der Waals surface area contributed by atoms with Crippen LogP contribution in [-0.4, -0.2) is 28.3 Å². The van der Waals surface area contributed by atoms with Crippen LogP contribution in [0.5, 0.6) is 0 Å². The van der Waals surface area contributed by atoms with Crippen molar-refractivity contribution in [3.63, 3.8) is 0 Å². The lowest BCUT2D eigenvalue weighted by molar-refractivity contribution is -0.142. The van der Waals surface area contributed by atoms with E-state index in [1.165, 1.54) is 0 Å². The van der Waals surface area contributed by atoms with Crippen LogP contribution in [0.25, 0.3) is 0 Å². The van der Waals surface area contributed by atoms with Crippen LogP contribution in [0.3, 0.4) is 0 Å². The van der Waals surface area contributed by atoms with Gasteiger partial charge >= 0.3 is 5.97 Å². The Kier molecular flexibility index (Phi) is 5.34. The molecule has 0 rings (SSSR count). The van der Waals surface area contributed by atoms with Gasteiger partial charge in [-0.2, -0.15) is 0 Å². The van der Waals surface area contributed by atoms with Crippen molar-refractivity contribution < 1.29 is 15.0 Å². The molecule has 13 heavy (non-hydrogen) atoms. The minimum atomic E-state index is -1.19. The molecule has 0 aliphatic carbocycles. The van der Waals surface area contributed by atoms with Gasteiger partial charge in [-0.05, 0) is 19.3 Å². The van der Waals surface area contributed by atoms with E-state index < -0.39 is 18.1 Å². The van der Waals surface area contributed by atoms with E-state index in [1.54, 1.807) is 6.92 Å². The predicted molar refractivity (Wildman–Crippen MR) is 50.2 cm³/mol. The van der Waals surface area contributed by atoms with Gasteiger partial charge in [0.1, 0.15) is 6.04 Å². The average Bonchev–Trinajstić information content (AvgIpc) is 2.11. The summed E-state index contributed by atoms with van der Waals surface area (Å²) in [6, 6.07) is -1.19. The van der Waals surface area contributed by atoms with Gasteiger partial charge in [0, 0.05) is 0 Å². The Morgan fingerprint density at radius 3 is 2.54 bits per heavy atom. The fourth-order valence-corrected chi connectivity index (χ4v) is 0.990. The van der Waals surface area contributed by atoms with Crippen molar-refractivity contribution in [1.82, 2.24) is 0 Å². The number of carboxylic acids is 1. The van der Waals surface area contributed by atoms with E-state index >= 15 is 0 Å². The van der Waals surface area contributed by atoms with Crippen molar-refractivity contribution in [3.8, 4) is 0 Å². The number of allylic oxidation sites excluding steroid dienone is 2. The third-order valence-electron chi connectivity index (χ3n) is 1.98. The van der Waals surface area contributed by atoms with Crippen LogP contribution < -0.4 is 5.73 Å². The molecule has 4 N–H and O–H groups in total. The summed E-state index contributed by atoms with van der Waals surface area (Å²) < 4.78 is 0. The van der Waals surface area contributed by atoms with Crippen molar-refractivity contribution in [1.29, 1.82) is 0 Å². The van der Waals surface area contributed by atoms with Gasteiger partial charge in [0.2, 0.25) is 0 Å². The lowest BCUT2D eigenvalue weighted by atomic mass is 9.95. The molecule has 0 aromatic carbocycles. The summed E-state index contributed by atoms with van der Waals surface area (Å²) in [6.07, 6.45) is 3.38. The van der Waals surface area contributed by atoms with Crippen molar-refractivity contribution in [2.24, 2.45) is 11.7 Å². The Hall–Kier alpha value is -0.870. The number of carboxylic acid groups (broad SMARTS) is 1. The molecule has 4 heteroatoms. The number of hydrogen-bond acceptors (Lipinski definition) is 3. The zero-order chi connectivity index (χ0) is 10.4. The van der Waals surface area contributed by atoms with E-state index in [2.05, 4.69) is 0 Å². The summed E-state index contributed by atoms with van der Waals surface area (Å²) in [6.45, 7) is 3.64. The van der Waals surface area contributed by atoms with Crippen molar-refractivity contribution in [3.05, 3.63) is 12.2 Å². The van der Waals surface area contributed by atoms with Crippen LogP contribution in [0.2, 0.25) is 0 Å². The molecule has 76 valence electrons. The zero-order valence-electron chi connectivity index (χ0n) is 7.97. The number of nitrogens with two attached hydrogens (primary N) is 1. The summed E-state index contributed by atoms with van der Waals surface area (Å²) in [5.41, 5.74) is 5.26. The molecule has 0 heterocycles. The quantitative estimate of drug-likeness (QED) is 0.543. The fraction of sp³-hybridized carbons (Fsp3) is 0.667. The van der Waals surface area contributed by atoms with Crippen LogP contribution >= 0.6 is 0 Å². The van der Waals surface area contributed by atoms with Crippen LogP contribution in [0, 0.1) is 5.92 Å². The molecule has 0 amide bonds. The zero-order valence-corrected chi connectivity index (χ0v) is 7.97. The van der Waals surface area contributed by atoms with E-state index in [-0.39, 0.29) is 5.92 Å². The second-order valence-corrected chi connectivity index (χ2v) is 3.14. The first-order valence-electron chi connectivity index (χ1n) is 4.28. The average molecular weight is 187 g/mol. The number of carbonyl (C=O) groups is 1. The molecule has 0 unspecified atom stereocenters. The number of aliphatic carboxylic acids is 1. The van der Waals surface area contributed by atoms with Crippen LogP contribution in [0.1, 0.15) is 20.3 Å². The standard InChI is InChI=1S/C9H17NO3/c1-3-4-5-6(2)8(11)7(10)9(12)13/h3-4,6-8,11H,5,10H2,1-2H3,(H,12,13)/t6-,7+,8-/m1/s1. The highest BCUT2D eigenvalue weighted by Crippen LogP contribution is 2.11. The second-order valence-electron chi connectivity index (χ2n) is 3.14. The van der Waals surface area contributed by atoms with Gasteiger partial charge in [-0.15, -0.1) is 0 Å². The topological polar surface area (TPSA) is 83.5 Å². The maximum Gasteiger partial charge on any atom is 0.323 e. The van der Waals surface area contributed by atoms with Crippen molar-refractivity contribution in [2.45, 2.75) is 32.4 Å². The van der Waals surface area contributed by atoms with E-state index in [1.807, 2.05) is 19.1 Å². The van der Waals surface area contributed by atoms with Crippen LogP contribution in [0.4, 0.5) is 0 Å². The van der Waals surface area contributed by atoms with Crippen LogP contribution in [0.15, 0.2) is 12.2 Å². The molecule has 0 saturated heterocycles. The lowest BCUT2D eigenvalue weighted by Crippen LogP contribution is -2.45. The van der Waals surface area contributed by atoms with Gasteiger partial charge in [0.25, 0.3) is 0 Å². The molecular formula is C9H17NO3. The largest absolute Gasteiger partial charge is 0.480 e. The summed E-state index contributed by atoms with van der Waals surface area (Å²) in [5.74, 6) is -1.30. The summed E-state index contributed by atoms with van der Waals surface area (Å²) in [7, 11) is 0. The molecule has 0 saturated carbocycles. The smallest absolute Gasteiger partial charge is 0.323 e.